The van der Waals surface area contributed by atoms with E-state index in [1.807, 2.05) is 30.3 Å². The van der Waals surface area contributed by atoms with E-state index in [9.17, 15) is 4.79 Å². The van der Waals surface area contributed by atoms with Crippen molar-refractivity contribution in [2.75, 3.05) is 5.73 Å². The van der Waals surface area contributed by atoms with Gasteiger partial charge in [0.25, 0.3) is 0 Å². The minimum atomic E-state index is -0.489. The standard InChI is InChI=1S/C20H14N4O2/c21-18-16-17(23-19(24-18)12-7-9-22-10-8-12)15-13-4-2-1-3-11(13)5-6-14(15)26-20(16)25/h1-4,7-10H,5-6H2,(H2,21,23,24). The highest BCUT2D eigenvalue weighted by Gasteiger charge is 2.25. The molecule has 3 heterocycles. The van der Waals surface area contributed by atoms with E-state index in [0.717, 1.165) is 23.1 Å². The van der Waals surface area contributed by atoms with Gasteiger partial charge < -0.3 is 10.2 Å². The zero-order valence-electron chi connectivity index (χ0n) is 13.8. The van der Waals surface area contributed by atoms with Gasteiger partial charge in [0.2, 0.25) is 0 Å². The average molecular weight is 342 g/mol. The number of hydrogen-bond acceptors (Lipinski definition) is 6. The van der Waals surface area contributed by atoms with Crippen LogP contribution in [0.3, 0.4) is 0 Å². The van der Waals surface area contributed by atoms with E-state index < -0.39 is 5.63 Å². The molecule has 0 radical (unpaired) electrons. The van der Waals surface area contributed by atoms with E-state index in [2.05, 4.69) is 16.0 Å². The lowest BCUT2D eigenvalue weighted by Crippen LogP contribution is -2.14. The number of aryl methyl sites for hydroxylation is 2. The minimum Gasteiger partial charge on any atom is -0.427 e. The highest BCUT2D eigenvalue weighted by Crippen LogP contribution is 2.38. The van der Waals surface area contributed by atoms with Gasteiger partial charge in [-0.3, -0.25) is 4.98 Å². The van der Waals surface area contributed by atoms with Gasteiger partial charge >= 0.3 is 5.63 Å². The van der Waals surface area contributed by atoms with E-state index in [-0.39, 0.29) is 11.2 Å². The van der Waals surface area contributed by atoms with Crippen molar-refractivity contribution in [2.24, 2.45) is 0 Å². The van der Waals surface area contributed by atoms with Gasteiger partial charge in [0.1, 0.15) is 17.0 Å². The molecule has 1 aliphatic rings. The summed E-state index contributed by atoms with van der Waals surface area (Å²) in [4.78, 5) is 25.5. The fraction of sp³-hybridized carbons (Fsp3) is 0.100. The van der Waals surface area contributed by atoms with Gasteiger partial charge in [-0.05, 0) is 29.7 Å². The first-order chi connectivity index (χ1) is 12.7. The second-order valence-electron chi connectivity index (χ2n) is 6.24. The third kappa shape index (κ3) is 2.12. The van der Waals surface area contributed by atoms with Crippen molar-refractivity contribution in [3.63, 3.8) is 0 Å². The zero-order chi connectivity index (χ0) is 17.7. The van der Waals surface area contributed by atoms with Gasteiger partial charge in [0, 0.05) is 29.9 Å². The van der Waals surface area contributed by atoms with Gasteiger partial charge in [-0.25, -0.2) is 14.8 Å². The van der Waals surface area contributed by atoms with Crippen LogP contribution in [0.1, 0.15) is 11.3 Å². The van der Waals surface area contributed by atoms with Crippen LogP contribution < -0.4 is 11.4 Å². The summed E-state index contributed by atoms with van der Waals surface area (Å²) in [6.07, 6.45) is 4.83. The Bertz CT molecular complexity index is 1220. The van der Waals surface area contributed by atoms with Crippen molar-refractivity contribution < 1.29 is 4.42 Å². The predicted molar refractivity (Wildman–Crippen MR) is 98.6 cm³/mol. The third-order valence-corrected chi connectivity index (χ3v) is 4.72. The molecular weight excluding hydrogens is 328 g/mol. The molecule has 1 aliphatic carbocycles. The molecule has 0 spiro atoms. The van der Waals surface area contributed by atoms with E-state index in [1.54, 1.807) is 12.4 Å². The van der Waals surface area contributed by atoms with Crippen LogP contribution in [0.2, 0.25) is 0 Å². The Morgan fingerprint density at radius 1 is 1.00 bits per heavy atom. The quantitative estimate of drug-likeness (QED) is 0.571. The molecule has 0 aliphatic heterocycles. The van der Waals surface area contributed by atoms with E-state index in [0.29, 0.717) is 23.5 Å². The topological polar surface area (TPSA) is 94.9 Å². The normalized spacial score (nSPS) is 12.6. The van der Waals surface area contributed by atoms with Crippen molar-refractivity contribution >= 4 is 16.7 Å². The Morgan fingerprint density at radius 3 is 2.65 bits per heavy atom. The number of nitrogens with two attached hydrogens (primary N) is 1. The van der Waals surface area contributed by atoms with Crippen molar-refractivity contribution in [1.29, 1.82) is 0 Å². The molecule has 0 saturated heterocycles. The monoisotopic (exact) mass is 342 g/mol. The lowest BCUT2D eigenvalue weighted by atomic mass is 9.88. The SMILES string of the molecule is Nc1nc(-c2ccncc2)nc2c3c(oc(=O)c12)CCc1ccccc1-3. The molecular formula is C20H14N4O2. The van der Waals surface area contributed by atoms with Crippen LogP contribution in [0, 0.1) is 0 Å². The average Bonchev–Trinajstić information content (AvgIpc) is 2.68. The molecule has 0 saturated carbocycles. The molecule has 6 nitrogen and oxygen atoms in total. The number of anilines is 1. The first kappa shape index (κ1) is 14.8. The van der Waals surface area contributed by atoms with Crippen molar-refractivity contribution in [2.45, 2.75) is 12.8 Å². The molecule has 26 heavy (non-hydrogen) atoms. The van der Waals surface area contributed by atoms with Crippen LogP contribution in [-0.4, -0.2) is 15.0 Å². The molecule has 2 N–H and O–H groups in total. The molecule has 0 fully saturated rings. The van der Waals surface area contributed by atoms with E-state index >= 15 is 0 Å². The van der Waals surface area contributed by atoms with Crippen LogP contribution in [-0.2, 0) is 12.8 Å². The molecule has 0 unspecified atom stereocenters. The van der Waals surface area contributed by atoms with Gasteiger partial charge in [-0.1, -0.05) is 24.3 Å². The number of nitrogen functional groups attached to an aromatic ring is 1. The lowest BCUT2D eigenvalue weighted by Gasteiger charge is -2.19. The predicted octanol–water partition coefficient (Wildman–Crippen LogP) is 2.99. The largest absolute Gasteiger partial charge is 0.427 e. The maximum absolute atomic E-state index is 12.5. The fourth-order valence-corrected chi connectivity index (χ4v) is 3.52. The second kappa shape index (κ2) is 5.49. The fourth-order valence-electron chi connectivity index (χ4n) is 3.52. The molecule has 1 aromatic carbocycles. The Kier molecular flexibility index (Phi) is 3.12. The highest BCUT2D eigenvalue weighted by molar-refractivity contribution is 6.00. The summed E-state index contributed by atoms with van der Waals surface area (Å²) >= 11 is 0. The van der Waals surface area contributed by atoms with Gasteiger partial charge in [0.15, 0.2) is 5.82 Å². The summed E-state index contributed by atoms with van der Waals surface area (Å²) in [5, 5.41) is 0.234. The third-order valence-electron chi connectivity index (χ3n) is 4.72. The summed E-state index contributed by atoms with van der Waals surface area (Å²) in [5.74, 6) is 1.25. The molecule has 6 heteroatoms. The van der Waals surface area contributed by atoms with Crippen LogP contribution in [0.25, 0.3) is 33.4 Å². The van der Waals surface area contributed by atoms with Crippen LogP contribution in [0.5, 0.6) is 0 Å². The maximum Gasteiger partial charge on any atom is 0.349 e. The zero-order valence-corrected chi connectivity index (χ0v) is 13.8. The number of nitrogens with zero attached hydrogens (tertiary/aromatic N) is 3. The smallest absolute Gasteiger partial charge is 0.349 e. The molecule has 0 bridgehead atoms. The number of pyridine rings is 1. The van der Waals surface area contributed by atoms with E-state index in [4.69, 9.17) is 15.1 Å². The Balaban J connectivity index is 1.91. The number of benzene rings is 1. The highest BCUT2D eigenvalue weighted by atomic mass is 16.4. The van der Waals surface area contributed by atoms with Crippen LogP contribution in [0.4, 0.5) is 5.82 Å². The minimum absolute atomic E-state index is 0.126. The second-order valence-corrected chi connectivity index (χ2v) is 6.24. The number of hydrogen-bond donors (Lipinski definition) is 1. The molecule has 4 aromatic rings. The Labute approximate surface area is 148 Å². The number of rotatable bonds is 1. The van der Waals surface area contributed by atoms with E-state index in [1.165, 1.54) is 5.56 Å². The van der Waals surface area contributed by atoms with Crippen molar-refractivity contribution in [3.8, 4) is 22.5 Å². The van der Waals surface area contributed by atoms with Crippen molar-refractivity contribution in [3.05, 3.63) is 70.5 Å². The summed E-state index contributed by atoms with van der Waals surface area (Å²) < 4.78 is 5.57. The summed E-state index contributed by atoms with van der Waals surface area (Å²) in [6, 6.07) is 11.7. The first-order valence-electron chi connectivity index (χ1n) is 8.34. The molecule has 0 atom stereocenters. The summed E-state index contributed by atoms with van der Waals surface area (Å²) in [7, 11) is 0. The lowest BCUT2D eigenvalue weighted by molar-refractivity contribution is 0.465. The van der Waals surface area contributed by atoms with Crippen molar-refractivity contribution in [1.82, 2.24) is 15.0 Å². The Hall–Kier alpha value is -3.54. The van der Waals surface area contributed by atoms with Crippen LogP contribution in [0.15, 0.2) is 58.0 Å². The number of aromatic nitrogens is 3. The number of fused-ring (bicyclic) bond motifs is 5. The maximum atomic E-state index is 12.5. The molecule has 126 valence electrons. The summed E-state index contributed by atoms with van der Waals surface area (Å²) in [5.41, 5.74) is 10.0. The van der Waals surface area contributed by atoms with Crippen LogP contribution >= 0.6 is 0 Å². The first-order valence-corrected chi connectivity index (χ1v) is 8.34. The van der Waals surface area contributed by atoms with Gasteiger partial charge in [-0.2, -0.15) is 0 Å². The summed E-state index contributed by atoms with van der Waals surface area (Å²) in [6.45, 7) is 0. The molecule has 5 rings (SSSR count). The van der Waals surface area contributed by atoms with Gasteiger partial charge in [-0.15, -0.1) is 0 Å². The molecule has 3 aromatic heterocycles. The van der Waals surface area contributed by atoms with Gasteiger partial charge in [0.05, 0.1) is 5.52 Å². The molecule has 0 amide bonds. The Morgan fingerprint density at radius 2 is 1.81 bits per heavy atom.